The molecule has 0 aliphatic carbocycles. The lowest BCUT2D eigenvalue weighted by molar-refractivity contribution is -0.146. The topological polar surface area (TPSA) is 163 Å². The summed E-state index contributed by atoms with van der Waals surface area (Å²) >= 11 is 0. The zero-order valence-electron chi connectivity index (χ0n) is 32.5. The molecule has 316 valence electrons. The molecule has 2 aromatic rings. The zero-order valence-corrected chi connectivity index (χ0v) is 32.5. The summed E-state index contributed by atoms with van der Waals surface area (Å²) in [5.74, 6) is -1.57. The Morgan fingerprint density at radius 2 is 1.11 bits per heavy atom. The molecule has 4 N–H and O–H groups in total. The van der Waals surface area contributed by atoms with Gasteiger partial charge in [0.05, 0.1) is 6.04 Å². The predicted octanol–water partition coefficient (Wildman–Crippen LogP) is 9.63. The molecule has 0 bridgehead atoms. The number of esters is 3. The van der Waals surface area contributed by atoms with Crippen LogP contribution in [0, 0.1) is 0 Å². The van der Waals surface area contributed by atoms with Gasteiger partial charge in [-0.25, -0.2) is 9.59 Å². The Morgan fingerprint density at radius 3 is 1.54 bits per heavy atom. The number of carbonyl (C=O) groups is 5. The van der Waals surface area contributed by atoms with Gasteiger partial charge in [-0.15, -0.1) is 0 Å². The fourth-order valence-corrected chi connectivity index (χ4v) is 5.89. The number of carbonyl (C=O) groups excluding carboxylic acids is 5. The van der Waals surface area contributed by atoms with Gasteiger partial charge in [0.1, 0.15) is 19.3 Å². The van der Waals surface area contributed by atoms with E-state index in [-0.39, 0.29) is 59.2 Å². The van der Waals surface area contributed by atoms with Crippen molar-refractivity contribution in [3.05, 3.63) is 71.8 Å². The average Bonchev–Trinajstić information content (AvgIpc) is 3.52. The van der Waals surface area contributed by atoms with Crippen LogP contribution >= 0.6 is 0 Å². The lowest BCUT2D eigenvalue weighted by Crippen LogP contribution is -2.41. The quantitative estimate of drug-likeness (QED) is 0.0330. The minimum absolute atomic E-state index is 0. The molecule has 0 aromatic heterocycles. The first-order valence-corrected chi connectivity index (χ1v) is 20.2. The molecule has 2 amide bonds. The van der Waals surface area contributed by atoms with E-state index in [9.17, 15) is 24.0 Å². The van der Waals surface area contributed by atoms with Crippen molar-refractivity contribution in [2.45, 2.75) is 175 Å². The van der Waals surface area contributed by atoms with Crippen LogP contribution in [0.4, 0.5) is 4.79 Å². The van der Waals surface area contributed by atoms with Crippen LogP contribution in [0.2, 0.25) is 0 Å². The van der Waals surface area contributed by atoms with Crippen LogP contribution in [0.5, 0.6) is 0 Å². The van der Waals surface area contributed by atoms with Gasteiger partial charge in [0.25, 0.3) is 0 Å². The van der Waals surface area contributed by atoms with Crippen molar-refractivity contribution in [3.8, 4) is 0 Å². The number of amides is 2. The second-order valence-corrected chi connectivity index (χ2v) is 14.0. The largest absolute Gasteiger partial charge is 0.461 e. The molecule has 2 atom stereocenters. The van der Waals surface area contributed by atoms with E-state index in [1.807, 2.05) is 60.7 Å². The smallest absolute Gasteiger partial charge is 0.415 e. The van der Waals surface area contributed by atoms with Crippen molar-refractivity contribution in [2.75, 3.05) is 6.54 Å². The number of nitrogens with two attached hydrogens (primary N) is 1. The van der Waals surface area contributed by atoms with Gasteiger partial charge in [-0.1, -0.05) is 179 Å². The first-order valence-electron chi connectivity index (χ1n) is 20.2. The maximum absolute atomic E-state index is 12.1. The average molecular weight is 784 g/mol. The molecule has 56 heavy (non-hydrogen) atoms. The molecule has 1 aliphatic heterocycles. The van der Waals surface area contributed by atoms with Gasteiger partial charge in [0.2, 0.25) is 5.91 Å². The molecule has 2 unspecified atom stereocenters. The minimum Gasteiger partial charge on any atom is -0.461 e. The Hall–Kier alpha value is -4.25. The monoisotopic (exact) mass is 784 g/mol. The van der Waals surface area contributed by atoms with Gasteiger partial charge >= 0.3 is 24.0 Å². The first kappa shape index (κ1) is 51.8. The summed E-state index contributed by atoms with van der Waals surface area (Å²) in [6, 6.07) is 17.4. The van der Waals surface area contributed by atoms with E-state index in [0.717, 1.165) is 24.0 Å². The summed E-state index contributed by atoms with van der Waals surface area (Å²) < 4.78 is 14.6. The standard InChI is InChI=1S/C30H52N2O3.C13H13NO5.2CH4/c1-2-3-4-5-6-7-8-9-10-11-12-13-14-15-16-20-25-32-30(34)28(31)23-24-29(33)35-26-27-21-18-17-19-22-27;15-11(18-8-9-4-2-1-3-5-9)7-6-10-12(16)19-13(17)14-10;;/h17-19,21-22,28H,2-16,20,23-26,31H2,1H3,(H,32,34);1-5,10H,6-8H2,(H,14,17);2*1H4. The molecule has 0 saturated carbocycles. The van der Waals surface area contributed by atoms with E-state index in [0.29, 0.717) is 13.0 Å². The highest BCUT2D eigenvalue weighted by atomic mass is 16.6. The van der Waals surface area contributed by atoms with Gasteiger partial charge in [0.15, 0.2) is 0 Å². The van der Waals surface area contributed by atoms with Crippen molar-refractivity contribution in [1.82, 2.24) is 10.6 Å². The molecule has 1 aliphatic rings. The van der Waals surface area contributed by atoms with Crippen molar-refractivity contribution < 1.29 is 38.2 Å². The van der Waals surface area contributed by atoms with Gasteiger partial charge in [-0.3, -0.25) is 14.4 Å². The Morgan fingerprint density at radius 1 is 0.679 bits per heavy atom. The molecule has 11 heteroatoms. The maximum atomic E-state index is 12.1. The highest BCUT2D eigenvalue weighted by molar-refractivity contribution is 5.95. The molecule has 0 radical (unpaired) electrons. The van der Waals surface area contributed by atoms with Crippen LogP contribution in [0.25, 0.3) is 0 Å². The Bertz CT molecular complexity index is 1330. The summed E-state index contributed by atoms with van der Waals surface area (Å²) in [5.41, 5.74) is 7.76. The number of unbranched alkanes of at least 4 members (excludes halogenated alkanes) is 15. The molecule has 2 aromatic carbocycles. The molecule has 1 saturated heterocycles. The summed E-state index contributed by atoms with van der Waals surface area (Å²) in [6.07, 6.45) is 21.3. The van der Waals surface area contributed by atoms with Gasteiger partial charge in [-0.05, 0) is 30.4 Å². The Balaban J connectivity index is 0.00000121. The lowest BCUT2D eigenvalue weighted by Gasteiger charge is -2.12. The summed E-state index contributed by atoms with van der Waals surface area (Å²) in [4.78, 5) is 57.3. The fraction of sp³-hybridized carbons (Fsp3) is 0.622. The normalized spacial score (nSPS) is 13.4. The number of ether oxygens (including phenoxy) is 3. The zero-order chi connectivity index (χ0) is 39.1. The van der Waals surface area contributed by atoms with Crippen molar-refractivity contribution in [2.24, 2.45) is 5.73 Å². The molecule has 11 nitrogen and oxygen atoms in total. The van der Waals surface area contributed by atoms with Gasteiger partial charge < -0.3 is 30.6 Å². The van der Waals surface area contributed by atoms with E-state index in [2.05, 4.69) is 22.3 Å². The number of rotatable bonds is 28. The van der Waals surface area contributed by atoms with Crippen LogP contribution in [0.3, 0.4) is 0 Å². The summed E-state index contributed by atoms with van der Waals surface area (Å²) in [5, 5.41) is 5.21. The molecule has 1 heterocycles. The number of alkyl carbamates (subject to hydrolysis) is 1. The van der Waals surface area contributed by atoms with E-state index < -0.39 is 30.1 Å². The highest BCUT2D eigenvalue weighted by Gasteiger charge is 2.32. The Labute approximate surface area is 337 Å². The van der Waals surface area contributed by atoms with E-state index >= 15 is 0 Å². The van der Waals surface area contributed by atoms with Crippen LogP contribution in [-0.4, -0.2) is 48.5 Å². The summed E-state index contributed by atoms with van der Waals surface area (Å²) in [6.45, 7) is 3.38. The Kier molecular flexibility index (Phi) is 31.5. The number of cyclic esters (lactones) is 2. The fourth-order valence-electron chi connectivity index (χ4n) is 5.89. The van der Waals surface area contributed by atoms with Crippen LogP contribution in [0.15, 0.2) is 60.7 Å². The van der Waals surface area contributed by atoms with Crippen LogP contribution < -0.4 is 16.4 Å². The third-order valence-corrected chi connectivity index (χ3v) is 9.22. The molecule has 3 rings (SSSR count). The number of hydrogen-bond donors (Lipinski definition) is 3. The lowest BCUT2D eigenvalue weighted by atomic mass is 10.0. The van der Waals surface area contributed by atoms with E-state index in [1.54, 1.807) is 0 Å². The first-order chi connectivity index (χ1) is 26.3. The minimum atomic E-state index is -0.771. The number of benzene rings is 2. The molecule has 0 spiro atoms. The second kappa shape index (κ2) is 34.0. The summed E-state index contributed by atoms with van der Waals surface area (Å²) in [7, 11) is 0. The second-order valence-electron chi connectivity index (χ2n) is 14.0. The van der Waals surface area contributed by atoms with Crippen molar-refractivity contribution in [1.29, 1.82) is 0 Å². The third-order valence-electron chi connectivity index (χ3n) is 9.22. The number of nitrogens with one attached hydrogen (secondary N) is 2. The van der Waals surface area contributed by atoms with Gasteiger partial charge in [-0.2, -0.15) is 0 Å². The predicted molar refractivity (Wildman–Crippen MR) is 223 cm³/mol. The van der Waals surface area contributed by atoms with Crippen molar-refractivity contribution >= 4 is 29.9 Å². The van der Waals surface area contributed by atoms with Crippen LogP contribution in [-0.2, 0) is 46.6 Å². The SMILES string of the molecule is C.C.CCCCCCCCCCCCCCCCCCNC(=O)C(N)CCC(=O)OCc1ccccc1.O=C(CCC1NC(=O)OC1=O)OCc1ccccc1. The number of hydrogen-bond acceptors (Lipinski definition) is 9. The van der Waals surface area contributed by atoms with E-state index in [4.69, 9.17) is 15.2 Å². The van der Waals surface area contributed by atoms with Gasteiger partial charge in [0, 0.05) is 19.4 Å². The van der Waals surface area contributed by atoms with E-state index in [1.165, 1.54) is 89.9 Å². The highest BCUT2D eigenvalue weighted by Crippen LogP contribution is 2.14. The van der Waals surface area contributed by atoms with Crippen LogP contribution in [0.1, 0.15) is 161 Å². The maximum Gasteiger partial charge on any atom is 0.415 e. The molecular weight excluding hydrogens is 711 g/mol. The van der Waals surface area contributed by atoms with Crippen molar-refractivity contribution in [3.63, 3.8) is 0 Å². The third kappa shape index (κ3) is 26.5. The molecule has 1 fully saturated rings. The molecular formula is C45H73N3O8.